The van der Waals surface area contributed by atoms with Gasteiger partial charge in [-0.05, 0) is 31.2 Å². The van der Waals surface area contributed by atoms with E-state index in [4.69, 9.17) is 27.6 Å². The molecule has 1 N–H and O–H groups in total. The van der Waals surface area contributed by atoms with E-state index in [1.54, 1.807) is 19.2 Å². The van der Waals surface area contributed by atoms with Crippen molar-refractivity contribution in [1.29, 1.82) is 0 Å². The van der Waals surface area contributed by atoms with Crippen LogP contribution in [0.3, 0.4) is 0 Å². The van der Waals surface area contributed by atoms with Crippen molar-refractivity contribution in [2.45, 2.75) is 12.3 Å². The lowest BCUT2D eigenvalue weighted by molar-refractivity contribution is 0.510. The topological polar surface area (TPSA) is 63.8 Å². The van der Waals surface area contributed by atoms with Gasteiger partial charge in [0.2, 0.25) is 5.89 Å². The molecule has 102 valence electrons. The number of rotatable bonds is 3. The first-order valence-corrected chi connectivity index (χ1v) is 6.74. The Balaban J connectivity index is 2.00. The van der Waals surface area contributed by atoms with E-state index in [0.29, 0.717) is 10.9 Å². The van der Waals surface area contributed by atoms with Crippen LogP contribution in [0.15, 0.2) is 34.9 Å². The third-order valence-electron chi connectivity index (χ3n) is 2.74. The van der Waals surface area contributed by atoms with Crippen LogP contribution in [0.4, 0.5) is 11.7 Å². The van der Waals surface area contributed by atoms with E-state index >= 15 is 0 Å². The summed E-state index contributed by atoms with van der Waals surface area (Å²) in [5, 5.41) is 11.9. The third-order valence-corrected chi connectivity index (χ3v) is 3.26. The highest BCUT2D eigenvalue weighted by Crippen LogP contribution is 2.30. The fourth-order valence-corrected chi connectivity index (χ4v) is 2.10. The Labute approximate surface area is 124 Å². The smallest absolute Gasteiger partial charge is 0.320 e. The van der Waals surface area contributed by atoms with Gasteiger partial charge in [-0.3, -0.25) is 4.98 Å². The average Bonchev–Trinajstić information content (AvgIpc) is 2.91. The molecule has 7 heteroatoms. The SMILES string of the molecule is CC(Cl)c1nnc(Nc2ccc(Cl)c3cccnc23)o1. The molecule has 0 aliphatic rings. The van der Waals surface area contributed by atoms with Crippen LogP contribution in [-0.2, 0) is 0 Å². The Morgan fingerprint density at radius 2 is 2.10 bits per heavy atom. The summed E-state index contributed by atoms with van der Waals surface area (Å²) in [5.74, 6) is 0.361. The van der Waals surface area contributed by atoms with Gasteiger partial charge in [0.25, 0.3) is 0 Å². The van der Waals surface area contributed by atoms with Crippen LogP contribution in [-0.4, -0.2) is 15.2 Å². The number of fused-ring (bicyclic) bond motifs is 1. The molecule has 0 saturated heterocycles. The molecule has 0 spiro atoms. The van der Waals surface area contributed by atoms with E-state index in [-0.39, 0.29) is 11.4 Å². The quantitative estimate of drug-likeness (QED) is 0.730. The van der Waals surface area contributed by atoms with Gasteiger partial charge in [-0.25, -0.2) is 0 Å². The van der Waals surface area contributed by atoms with Crippen LogP contribution < -0.4 is 5.32 Å². The maximum absolute atomic E-state index is 6.14. The van der Waals surface area contributed by atoms with Gasteiger partial charge in [0.15, 0.2) is 0 Å². The molecule has 3 aromatic rings. The van der Waals surface area contributed by atoms with Crippen LogP contribution in [0.5, 0.6) is 0 Å². The highest BCUT2D eigenvalue weighted by atomic mass is 35.5. The standard InChI is InChI=1S/C13H10Cl2N4O/c1-7(14)12-18-19-13(20-12)17-10-5-4-9(15)8-3-2-6-16-11(8)10/h2-7H,1H3,(H,17,19). The molecular weight excluding hydrogens is 299 g/mol. The summed E-state index contributed by atoms with van der Waals surface area (Å²) >= 11 is 12.0. The molecule has 1 unspecified atom stereocenters. The van der Waals surface area contributed by atoms with Crippen molar-refractivity contribution in [2.24, 2.45) is 0 Å². The van der Waals surface area contributed by atoms with Gasteiger partial charge in [0.1, 0.15) is 5.38 Å². The lowest BCUT2D eigenvalue weighted by Gasteiger charge is -2.06. The molecule has 0 saturated carbocycles. The number of nitrogens with one attached hydrogen (secondary N) is 1. The van der Waals surface area contributed by atoms with Crippen molar-refractivity contribution in [3.05, 3.63) is 41.4 Å². The molecule has 20 heavy (non-hydrogen) atoms. The number of nitrogens with zero attached hydrogens (tertiary/aromatic N) is 3. The van der Waals surface area contributed by atoms with E-state index in [1.807, 2.05) is 18.2 Å². The second-order valence-corrected chi connectivity index (χ2v) is 5.24. The number of benzene rings is 1. The number of anilines is 2. The summed E-state index contributed by atoms with van der Waals surface area (Å²) in [6, 6.07) is 7.59. The Kier molecular flexibility index (Phi) is 3.46. The summed E-state index contributed by atoms with van der Waals surface area (Å²) in [4.78, 5) is 4.32. The van der Waals surface area contributed by atoms with Crippen LogP contribution in [0.1, 0.15) is 18.2 Å². The van der Waals surface area contributed by atoms with E-state index in [2.05, 4.69) is 20.5 Å². The van der Waals surface area contributed by atoms with Gasteiger partial charge < -0.3 is 9.73 Å². The molecule has 3 rings (SSSR count). The van der Waals surface area contributed by atoms with Crippen molar-refractivity contribution in [3.63, 3.8) is 0 Å². The molecule has 0 amide bonds. The van der Waals surface area contributed by atoms with Crippen molar-refractivity contribution in [2.75, 3.05) is 5.32 Å². The number of hydrogen-bond donors (Lipinski definition) is 1. The number of hydrogen-bond acceptors (Lipinski definition) is 5. The fraction of sp³-hybridized carbons (Fsp3) is 0.154. The van der Waals surface area contributed by atoms with E-state index in [9.17, 15) is 0 Å². The Morgan fingerprint density at radius 3 is 2.85 bits per heavy atom. The molecule has 0 aliphatic heterocycles. The van der Waals surface area contributed by atoms with E-state index < -0.39 is 0 Å². The molecule has 0 fully saturated rings. The van der Waals surface area contributed by atoms with Crippen LogP contribution in [0.25, 0.3) is 10.9 Å². The summed E-state index contributed by atoms with van der Waals surface area (Å²) in [6.45, 7) is 1.76. The highest BCUT2D eigenvalue weighted by molar-refractivity contribution is 6.35. The maximum atomic E-state index is 6.14. The minimum atomic E-state index is -0.335. The van der Waals surface area contributed by atoms with Gasteiger partial charge >= 0.3 is 6.01 Å². The van der Waals surface area contributed by atoms with Crippen LogP contribution >= 0.6 is 23.2 Å². The summed E-state index contributed by atoms with van der Waals surface area (Å²) in [6.07, 6.45) is 1.70. The van der Waals surface area contributed by atoms with Gasteiger partial charge in [-0.15, -0.1) is 16.7 Å². The van der Waals surface area contributed by atoms with Crippen molar-refractivity contribution in [1.82, 2.24) is 15.2 Å². The number of aromatic nitrogens is 3. The summed E-state index contributed by atoms with van der Waals surface area (Å²) in [7, 11) is 0. The number of halogens is 2. The molecule has 0 aliphatic carbocycles. The predicted octanol–water partition coefficient (Wildman–Crippen LogP) is 4.31. The molecule has 5 nitrogen and oxygen atoms in total. The zero-order valence-electron chi connectivity index (χ0n) is 10.5. The van der Waals surface area contributed by atoms with Crippen LogP contribution in [0.2, 0.25) is 5.02 Å². The molecule has 0 bridgehead atoms. The molecule has 0 radical (unpaired) electrons. The average molecular weight is 309 g/mol. The zero-order valence-corrected chi connectivity index (χ0v) is 12.0. The minimum Gasteiger partial charge on any atom is -0.406 e. The van der Waals surface area contributed by atoms with Crippen molar-refractivity contribution in [3.8, 4) is 0 Å². The van der Waals surface area contributed by atoms with Gasteiger partial charge in [0.05, 0.1) is 16.2 Å². The summed E-state index contributed by atoms with van der Waals surface area (Å²) < 4.78 is 5.40. The van der Waals surface area contributed by atoms with E-state index in [0.717, 1.165) is 16.6 Å². The Morgan fingerprint density at radius 1 is 1.25 bits per heavy atom. The van der Waals surface area contributed by atoms with Crippen LogP contribution in [0, 0.1) is 0 Å². The molecule has 1 atom stereocenters. The van der Waals surface area contributed by atoms with Gasteiger partial charge in [-0.2, -0.15) is 0 Å². The second kappa shape index (κ2) is 5.26. The van der Waals surface area contributed by atoms with Gasteiger partial charge in [0, 0.05) is 11.6 Å². The Bertz CT molecular complexity index is 757. The zero-order chi connectivity index (χ0) is 14.1. The maximum Gasteiger partial charge on any atom is 0.320 e. The summed E-state index contributed by atoms with van der Waals surface area (Å²) in [5.41, 5.74) is 1.47. The Hall–Kier alpha value is -1.85. The molecule has 1 aromatic carbocycles. The molecule has 2 aromatic heterocycles. The van der Waals surface area contributed by atoms with Crippen molar-refractivity contribution >= 4 is 45.8 Å². The molecular formula is C13H10Cl2N4O. The van der Waals surface area contributed by atoms with E-state index in [1.165, 1.54) is 0 Å². The largest absolute Gasteiger partial charge is 0.406 e. The minimum absolute atomic E-state index is 0.266. The van der Waals surface area contributed by atoms with Crippen molar-refractivity contribution < 1.29 is 4.42 Å². The molecule has 2 heterocycles. The predicted molar refractivity (Wildman–Crippen MR) is 78.6 cm³/mol. The second-order valence-electron chi connectivity index (χ2n) is 4.18. The lowest BCUT2D eigenvalue weighted by atomic mass is 10.2. The first kappa shape index (κ1) is 13.1. The number of pyridine rings is 1. The highest BCUT2D eigenvalue weighted by Gasteiger charge is 2.13. The first-order chi connectivity index (χ1) is 9.65. The monoisotopic (exact) mass is 308 g/mol. The number of alkyl halides is 1. The van der Waals surface area contributed by atoms with Gasteiger partial charge in [-0.1, -0.05) is 16.7 Å². The third kappa shape index (κ3) is 2.42. The lowest BCUT2D eigenvalue weighted by Crippen LogP contribution is -1.93. The normalized spacial score (nSPS) is 12.6. The fourth-order valence-electron chi connectivity index (χ4n) is 1.80. The first-order valence-electron chi connectivity index (χ1n) is 5.93.